The summed E-state index contributed by atoms with van der Waals surface area (Å²) in [5.41, 5.74) is 0.615. The number of hydrogen-bond donors (Lipinski definition) is 2. The molecule has 2 N–H and O–H groups in total. The summed E-state index contributed by atoms with van der Waals surface area (Å²) in [6.45, 7) is 5.55. The summed E-state index contributed by atoms with van der Waals surface area (Å²) >= 11 is 0. The van der Waals surface area contributed by atoms with E-state index in [4.69, 9.17) is 0 Å². The third kappa shape index (κ3) is 4.06. The third-order valence-corrected chi connectivity index (χ3v) is 3.79. The second-order valence-corrected chi connectivity index (χ2v) is 6.70. The van der Waals surface area contributed by atoms with E-state index in [2.05, 4.69) is 10.6 Å². The van der Waals surface area contributed by atoms with Gasteiger partial charge in [-0.15, -0.1) is 0 Å². The fraction of sp³-hybridized carbons (Fsp3) is 0.529. The lowest BCUT2D eigenvalue weighted by Crippen LogP contribution is -2.34. The summed E-state index contributed by atoms with van der Waals surface area (Å²) in [6, 6.07) is 7.43. The van der Waals surface area contributed by atoms with E-state index in [1.165, 1.54) is 12.8 Å². The lowest BCUT2D eigenvalue weighted by Gasteiger charge is -2.20. The Hall–Kier alpha value is -1.84. The van der Waals surface area contributed by atoms with Crippen LogP contribution in [0.25, 0.3) is 0 Å². The van der Waals surface area contributed by atoms with Crippen LogP contribution >= 0.6 is 0 Å². The maximum absolute atomic E-state index is 12.4. The molecule has 1 saturated carbocycles. The Balaban J connectivity index is 2.12. The normalized spacial score (nSPS) is 15.8. The summed E-state index contributed by atoms with van der Waals surface area (Å²) < 4.78 is 0. The number of nitrogens with one attached hydrogen (secondary N) is 2. The Bertz CT molecular complexity index is 526. The van der Waals surface area contributed by atoms with Crippen molar-refractivity contribution in [3.8, 4) is 0 Å². The molecular formula is C17H24N2O2. The molecule has 1 fully saturated rings. The Kier molecular flexibility index (Phi) is 4.66. The summed E-state index contributed by atoms with van der Waals surface area (Å²) in [5.74, 6) is -0.199. The lowest BCUT2D eigenvalue weighted by atomic mass is 9.95. The minimum atomic E-state index is -0.491. The Morgan fingerprint density at radius 2 is 1.71 bits per heavy atom. The van der Waals surface area contributed by atoms with Crippen LogP contribution < -0.4 is 10.6 Å². The average Bonchev–Trinajstić information content (AvgIpc) is 2.91. The zero-order valence-corrected chi connectivity index (χ0v) is 13.0. The van der Waals surface area contributed by atoms with Crippen LogP contribution in [0.2, 0.25) is 0 Å². The largest absolute Gasteiger partial charge is 0.349 e. The highest BCUT2D eigenvalue weighted by Gasteiger charge is 2.24. The number of carbonyl (C=O) groups is 2. The van der Waals surface area contributed by atoms with Crippen LogP contribution in [0.4, 0.5) is 5.69 Å². The molecule has 1 aromatic carbocycles. The number of benzene rings is 1. The molecule has 0 heterocycles. The average molecular weight is 288 g/mol. The van der Waals surface area contributed by atoms with Crippen molar-refractivity contribution < 1.29 is 9.59 Å². The minimum absolute atomic E-state index is 0.0939. The highest BCUT2D eigenvalue weighted by atomic mass is 16.2. The van der Waals surface area contributed by atoms with Gasteiger partial charge in [-0.1, -0.05) is 45.7 Å². The van der Waals surface area contributed by atoms with Crippen LogP contribution in [0.3, 0.4) is 0 Å². The van der Waals surface area contributed by atoms with E-state index in [0.717, 1.165) is 12.8 Å². The second-order valence-electron chi connectivity index (χ2n) is 6.70. The van der Waals surface area contributed by atoms with Gasteiger partial charge in [0.15, 0.2) is 0 Å². The first-order chi connectivity index (χ1) is 9.88. The molecule has 1 aromatic rings. The van der Waals surface area contributed by atoms with Crippen molar-refractivity contribution in [2.45, 2.75) is 52.5 Å². The van der Waals surface area contributed by atoms with Crippen LogP contribution in [0.1, 0.15) is 56.8 Å². The number of amides is 2. The van der Waals surface area contributed by atoms with Gasteiger partial charge in [-0.3, -0.25) is 9.59 Å². The second kappa shape index (κ2) is 6.29. The van der Waals surface area contributed by atoms with Crippen LogP contribution in [0, 0.1) is 5.41 Å². The van der Waals surface area contributed by atoms with E-state index in [9.17, 15) is 9.59 Å². The predicted molar refractivity (Wildman–Crippen MR) is 84.2 cm³/mol. The van der Waals surface area contributed by atoms with E-state index < -0.39 is 5.41 Å². The van der Waals surface area contributed by atoms with E-state index in [1.807, 2.05) is 32.9 Å². The highest BCUT2D eigenvalue weighted by Crippen LogP contribution is 2.22. The van der Waals surface area contributed by atoms with Gasteiger partial charge in [-0.05, 0) is 25.0 Å². The molecule has 0 unspecified atom stereocenters. The molecule has 0 aromatic heterocycles. The molecule has 1 aliphatic rings. The highest BCUT2D eigenvalue weighted by molar-refractivity contribution is 6.04. The topological polar surface area (TPSA) is 58.2 Å². The molecule has 0 aliphatic heterocycles. The van der Waals surface area contributed by atoms with Gasteiger partial charge >= 0.3 is 0 Å². The summed E-state index contributed by atoms with van der Waals surface area (Å²) in [7, 11) is 0. The SMILES string of the molecule is CC(C)(C)C(=O)Nc1ccccc1C(=O)NC1CCCC1. The van der Waals surface area contributed by atoms with Gasteiger partial charge in [-0.25, -0.2) is 0 Å². The molecule has 4 heteroatoms. The first-order valence-corrected chi connectivity index (χ1v) is 7.59. The van der Waals surface area contributed by atoms with Gasteiger partial charge in [0.05, 0.1) is 11.3 Å². The summed E-state index contributed by atoms with van der Waals surface area (Å²) in [4.78, 5) is 24.5. The standard InChI is InChI=1S/C17H24N2O2/c1-17(2,3)16(21)19-14-11-7-6-10-13(14)15(20)18-12-8-4-5-9-12/h6-7,10-12H,4-5,8-9H2,1-3H3,(H,18,20)(H,19,21). The molecule has 1 aliphatic carbocycles. The fourth-order valence-corrected chi connectivity index (χ4v) is 2.43. The molecule has 0 radical (unpaired) electrons. The van der Waals surface area contributed by atoms with Gasteiger partial charge in [0.2, 0.25) is 5.91 Å². The number of hydrogen-bond acceptors (Lipinski definition) is 2. The van der Waals surface area contributed by atoms with Crippen molar-refractivity contribution in [2.24, 2.45) is 5.41 Å². The minimum Gasteiger partial charge on any atom is -0.349 e. The molecule has 0 bridgehead atoms. The Labute approximate surface area is 126 Å². The molecule has 2 rings (SSSR count). The molecule has 0 saturated heterocycles. The molecule has 0 spiro atoms. The molecular weight excluding hydrogens is 264 g/mol. The monoisotopic (exact) mass is 288 g/mol. The van der Waals surface area contributed by atoms with Crippen molar-refractivity contribution in [3.63, 3.8) is 0 Å². The van der Waals surface area contributed by atoms with E-state index in [1.54, 1.807) is 12.1 Å². The Morgan fingerprint density at radius 1 is 1.10 bits per heavy atom. The molecule has 21 heavy (non-hydrogen) atoms. The quantitative estimate of drug-likeness (QED) is 0.896. The number of para-hydroxylation sites is 1. The zero-order valence-electron chi connectivity index (χ0n) is 13.0. The number of anilines is 1. The van der Waals surface area contributed by atoms with Crippen LogP contribution in [-0.2, 0) is 4.79 Å². The van der Waals surface area contributed by atoms with Crippen molar-refractivity contribution in [2.75, 3.05) is 5.32 Å². The first kappa shape index (κ1) is 15.5. The molecule has 114 valence electrons. The van der Waals surface area contributed by atoms with Crippen LogP contribution in [0.15, 0.2) is 24.3 Å². The fourth-order valence-electron chi connectivity index (χ4n) is 2.43. The van der Waals surface area contributed by atoms with Crippen LogP contribution in [-0.4, -0.2) is 17.9 Å². The zero-order chi connectivity index (χ0) is 15.5. The maximum atomic E-state index is 12.4. The van der Waals surface area contributed by atoms with E-state index >= 15 is 0 Å². The van der Waals surface area contributed by atoms with E-state index in [0.29, 0.717) is 11.3 Å². The third-order valence-electron chi connectivity index (χ3n) is 3.79. The van der Waals surface area contributed by atoms with Gasteiger partial charge in [-0.2, -0.15) is 0 Å². The van der Waals surface area contributed by atoms with Crippen molar-refractivity contribution >= 4 is 17.5 Å². The van der Waals surface area contributed by atoms with Gasteiger partial charge in [0.1, 0.15) is 0 Å². The number of carbonyl (C=O) groups excluding carboxylic acids is 2. The summed E-state index contributed by atoms with van der Waals surface area (Å²) in [5, 5.41) is 5.91. The van der Waals surface area contributed by atoms with Crippen LogP contribution in [0.5, 0.6) is 0 Å². The Morgan fingerprint density at radius 3 is 2.33 bits per heavy atom. The first-order valence-electron chi connectivity index (χ1n) is 7.59. The molecule has 2 amide bonds. The van der Waals surface area contributed by atoms with Crippen molar-refractivity contribution in [3.05, 3.63) is 29.8 Å². The smallest absolute Gasteiger partial charge is 0.253 e. The lowest BCUT2D eigenvalue weighted by molar-refractivity contribution is -0.123. The molecule has 0 atom stereocenters. The molecule has 4 nitrogen and oxygen atoms in total. The van der Waals surface area contributed by atoms with Crippen molar-refractivity contribution in [1.82, 2.24) is 5.32 Å². The number of rotatable bonds is 3. The predicted octanol–water partition coefficient (Wildman–Crippen LogP) is 3.34. The van der Waals surface area contributed by atoms with Gasteiger partial charge in [0, 0.05) is 11.5 Å². The van der Waals surface area contributed by atoms with Gasteiger partial charge < -0.3 is 10.6 Å². The van der Waals surface area contributed by atoms with E-state index in [-0.39, 0.29) is 17.9 Å². The maximum Gasteiger partial charge on any atom is 0.253 e. The van der Waals surface area contributed by atoms with Gasteiger partial charge in [0.25, 0.3) is 5.91 Å². The summed E-state index contributed by atoms with van der Waals surface area (Å²) in [6.07, 6.45) is 4.44. The van der Waals surface area contributed by atoms with Crippen molar-refractivity contribution in [1.29, 1.82) is 0 Å².